The number of rotatable bonds is 6. The van der Waals surface area contributed by atoms with Crippen LogP contribution in [0.2, 0.25) is 0 Å². The zero-order valence-corrected chi connectivity index (χ0v) is 11.7. The molecule has 0 aromatic carbocycles. The van der Waals surface area contributed by atoms with Crippen LogP contribution in [0.25, 0.3) is 0 Å². The number of amides is 2. The van der Waals surface area contributed by atoms with Crippen molar-refractivity contribution in [1.29, 1.82) is 0 Å². The lowest BCUT2D eigenvalue weighted by Gasteiger charge is -2.34. The van der Waals surface area contributed by atoms with Crippen molar-refractivity contribution < 1.29 is 9.59 Å². The molecule has 0 aromatic heterocycles. The van der Waals surface area contributed by atoms with E-state index < -0.39 is 11.4 Å². The van der Waals surface area contributed by atoms with Crippen LogP contribution in [0.15, 0.2) is 0 Å². The number of carbonyl (C=O) groups excluding carboxylic acids is 2. The van der Waals surface area contributed by atoms with Gasteiger partial charge in [0.2, 0.25) is 11.8 Å². The van der Waals surface area contributed by atoms with Gasteiger partial charge in [0.05, 0.1) is 12.1 Å². The summed E-state index contributed by atoms with van der Waals surface area (Å²) in [5.74, 6) is -0.105. The van der Waals surface area contributed by atoms with Crippen molar-refractivity contribution >= 4 is 11.8 Å². The summed E-state index contributed by atoms with van der Waals surface area (Å²) in [5.41, 5.74) is 4.76. The van der Waals surface area contributed by atoms with Crippen molar-refractivity contribution in [3.63, 3.8) is 0 Å². The Morgan fingerprint density at radius 3 is 2.50 bits per heavy atom. The molecule has 1 aliphatic heterocycles. The number of hydrogen-bond acceptors (Lipinski definition) is 3. The molecular weight excluding hydrogens is 230 g/mol. The zero-order chi connectivity index (χ0) is 13.8. The summed E-state index contributed by atoms with van der Waals surface area (Å²) < 4.78 is 0. The van der Waals surface area contributed by atoms with Gasteiger partial charge in [-0.2, -0.15) is 0 Å². The largest absolute Gasteiger partial charge is 0.368 e. The third kappa shape index (κ3) is 3.45. The van der Waals surface area contributed by atoms with Crippen molar-refractivity contribution in [1.82, 2.24) is 10.2 Å². The molecule has 104 valence electrons. The third-order valence-corrected chi connectivity index (χ3v) is 3.48. The predicted molar refractivity (Wildman–Crippen MR) is 70.9 cm³/mol. The molecule has 5 heteroatoms. The van der Waals surface area contributed by atoms with Crippen LogP contribution in [0.3, 0.4) is 0 Å². The number of hydrogen-bond donors (Lipinski definition) is 2. The summed E-state index contributed by atoms with van der Waals surface area (Å²) in [5, 5.41) is 3.30. The molecule has 0 aliphatic carbocycles. The normalized spacial score (nSPS) is 23.3. The smallest absolute Gasteiger partial charge is 0.243 e. The lowest BCUT2D eigenvalue weighted by Crippen LogP contribution is -2.56. The fourth-order valence-electron chi connectivity index (χ4n) is 2.59. The fraction of sp³-hybridized carbons (Fsp3) is 0.846. The summed E-state index contributed by atoms with van der Waals surface area (Å²) in [6.07, 6.45) is 2.60. The van der Waals surface area contributed by atoms with E-state index in [1.807, 2.05) is 20.8 Å². The maximum Gasteiger partial charge on any atom is 0.243 e. The standard InChI is InChI=1S/C13H25N3O2/c1-4-13(6-5-7-15-13)12(18)16(8-10(2)3)9-11(14)17/h10,15H,4-9H2,1-3H3,(H2,14,17). The summed E-state index contributed by atoms with van der Waals surface area (Å²) in [7, 11) is 0. The molecule has 1 atom stereocenters. The van der Waals surface area contributed by atoms with E-state index in [1.165, 1.54) is 0 Å². The van der Waals surface area contributed by atoms with Crippen LogP contribution in [-0.4, -0.2) is 41.9 Å². The minimum atomic E-state index is -0.482. The monoisotopic (exact) mass is 255 g/mol. The molecule has 0 bridgehead atoms. The Labute approximate surface area is 109 Å². The highest BCUT2D eigenvalue weighted by Crippen LogP contribution is 2.25. The molecule has 2 amide bonds. The van der Waals surface area contributed by atoms with E-state index in [-0.39, 0.29) is 12.5 Å². The van der Waals surface area contributed by atoms with E-state index in [0.29, 0.717) is 12.5 Å². The van der Waals surface area contributed by atoms with Crippen molar-refractivity contribution in [3.8, 4) is 0 Å². The lowest BCUT2D eigenvalue weighted by molar-refractivity contribution is -0.141. The highest BCUT2D eigenvalue weighted by Gasteiger charge is 2.42. The lowest BCUT2D eigenvalue weighted by atomic mass is 9.92. The maximum atomic E-state index is 12.6. The van der Waals surface area contributed by atoms with Gasteiger partial charge in [-0.15, -0.1) is 0 Å². The van der Waals surface area contributed by atoms with Crippen LogP contribution in [0, 0.1) is 5.92 Å². The first-order valence-electron chi connectivity index (χ1n) is 6.74. The van der Waals surface area contributed by atoms with Gasteiger partial charge in [-0.1, -0.05) is 20.8 Å². The van der Waals surface area contributed by atoms with Crippen molar-refractivity contribution in [2.75, 3.05) is 19.6 Å². The highest BCUT2D eigenvalue weighted by atomic mass is 16.2. The number of nitrogens with one attached hydrogen (secondary N) is 1. The molecule has 1 heterocycles. The van der Waals surface area contributed by atoms with E-state index in [2.05, 4.69) is 5.32 Å². The number of carbonyl (C=O) groups is 2. The van der Waals surface area contributed by atoms with E-state index in [9.17, 15) is 9.59 Å². The first kappa shape index (κ1) is 15.0. The minimum Gasteiger partial charge on any atom is -0.368 e. The quantitative estimate of drug-likeness (QED) is 0.725. The molecule has 1 rings (SSSR count). The van der Waals surface area contributed by atoms with E-state index in [1.54, 1.807) is 4.90 Å². The van der Waals surface area contributed by atoms with Crippen molar-refractivity contribution in [2.24, 2.45) is 11.7 Å². The first-order valence-corrected chi connectivity index (χ1v) is 6.74. The number of primary amides is 1. The molecule has 1 saturated heterocycles. The number of nitrogens with zero attached hydrogens (tertiary/aromatic N) is 1. The second-order valence-corrected chi connectivity index (χ2v) is 5.51. The topological polar surface area (TPSA) is 75.4 Å². The average Bonchev–Trinajstić information content (AvgIpc) is 2.75. The van der Waals surface area contributed by atoms with Gasteiger partial charge in [-0.3, -0.25) is 9.59 Å². The third-order valence-electron chi connectivity index (χ3n) is 3.48. The molecule has 18 heavy (non-hydrogen) atoms. The van der Waals surface area contributed by atoms with Crippen molar-refractivity contribution in [3.05, 3.63) is 0 Å². The van der Waals surface area contributed by atoms with E-state index in [0.717, 1.165) is 25.8 Å². The van der Waals surface area contributed by atoms with Gasteiger partial charge in [-0.05, 0) is 31.7 Å². The summed E-state index contributed by atoms with van der Waals surface area (Å²) >= 11 is 0. The average molecular weight is 255 g/mol. The molecule has 1 unspecified atom stereocenters. The van der Waals surface area contributed by atoms with Crippen LogP contribution in [0.5, 0.6) is 0 Å². The summed E-state index contributed by atoms with van der Waals surface area (Å²) in [4.78, 5) is 25.3. The predicted octanol–water partition coefficient (Wildman–Crippen LogP) is 0.489. The molecule has 3 N–H and O–H groups in total. The Bertz CT molecular complexity index is 309. The molecular formula is C13H25N3O2. The first-order chi connectivity index (χ1) is 8.41. The van der Waals surface area contributed by atoms with Gasteiger partial charge in [0.15, 0.2) is 0 Å². The number of nitrogens with two attached hydrogens (primary N) is 1. The van der Waals surface area contributed by atoms with Crippen LogP contribution in [-0.2, 0) is 9.59 Å². The minimum absolute atomic E-state index is 0.0143. The van der Waals surface area contributed by atoms with Gasteiger partial charge in [0.1, 0.15) is 0 Å². The van der Waals surface area contributed by atoms with Gasteiger partial charge in [-0.25, -0.2) is 0 Å². The van der Waals surface area contributed by atoms with Gasteiger partial charge in [0, 0.05) is 6.54 Å². The second kappa shape index (κ2) is 6.18. The molecule has 0 spiro atoms. The SMILES string of the molecule is CCC1(C(=O)N(CC(N)=O)CC(C)C)CCCN1. The van der Waals surface area contributed by atoms with Gasteiger partial charge < -0.3 is 16.0 Å². The Morgan fingerprint density at radius 1 is 1.44 bits per heavy atom. The molecule has 1 aliphatic rings. The Balaban J connectivity index is 2.82. The maximum absolute atomic E-state index is 12.6. The fourth-order valence-corrected chi connectivity index (χ4v) is 2.59. The molecule has 1 fully saturated rings. The highest BCUT2D eigenvalue weighted by molar-refractivity contribution is 5.90. The Kier molecular flexibility index (Phi) is 5.14. The van der Waals surface area contributed by atoms with Crippen LogP contribution in [0.4, 0.5) is 0 Å². The van der Waals surface area contributed by atoms with E-state index in [4.69, 9.17) is 5.73 Å². The molecule has 0 aromatic rings. The molecule has 0 saturated carbocycles. The van der Waals surface area contributed by atoms with E-state index >= 15 is 0 Å². The van der Waals surface area contributed by atoms with Gasteiger partial charge >= 0.3 is 0 Å². The Hall–Kier alpha value is -1.10. The molecule has 5 nitrogen and oxygen atoms in total. The Morgan fingerprint density at radius 2 is 2.11 bits per heavy atom. The van der Waals surface area contributed by atoms with Crippen LogP contribution >= 0.6 is 0 Å². The zero-order valence-electron chi connectivity index (χ0n) is 11.7. The summed E-state index contributed by atoms with van der Waals surface area (Å²) in [6.45, 7) is 7.52. The summed E-state index contributed by atoms with van der Waals surface area (Å²) in [6, 6.07) is 0. The molecule has 0 radical (unpaired) electrons. The van der Waals surface area contributed by atoms with Crippen LogP contribution < -0.4 is 11.1 Å². The second-order valence-electron chi connectivity index (χ2n) is 5.51. The van der Waals surface area contributed by atoms with Gasteiger partial charge in [0.25, 0.3) is 0 Å². The van der Waals surface area contributed by atoms with Crippen molar-refractivity contribution in [2.45, 2.75) is 45.6 Å². The van der Waals surface area contributed by atoms with Crippen LogP contribution in [0.1, 0.15) is 40.0 Å².